The van der Waals surface area contributed by atoms with Crippen LogP contribution in [0.25, 0.3) is 0 Å². The molecule has 2 heterocycles. The summed E-state index contributed by atoms with van der Waals surface area (Å²) in [6.45, 7) is 8.13. The number of piperidine rings is 1. The van der Waals surface area contributed by atoms with Gasteiger partial charge in [0.2, 0.25) is 0 Å². The zero-order valence-electron chi connectivity index (χ0n) is 11.9. The predicted molar refractivity (Wildman–Crippen MR) is 81.5 cm³/mol. The van der Waals surface area contributed by atoms with Gasteiger partial charge in [-0.1, -0.05) is 13.8 Å². The highest BCUT2D eigenvalue weighted by molar-refractivity contribution is 9.10. The summed E-state index contributed by atoms with van der Waals surface area (Å²) in [4.78, 5) is 11.8. The highest BCUT2D eigenvalue weighted by atomic mass is 79.9. The molecule has 0 N–H and O–H groups in total. The molecule has 0 spiro atoms. The van der Waals surface area contributed by atoms with Crippen LogP contribution in [-0.2, 0) is 0 Å². The lowest BCUT2D eigenvalue weighted by Crippen LogP contribution is -2.46. The normalized spacial score (nSPS) is 31.6. The van der Waals surface area contributed by atoms with Crippen molar-refractivity contribution in [1.29, 1.82) is 0 Å². The summed E-state index contributed by atoms with van der Waals surface area (Å²) in [5, 5.41) is 0. The number of halogens is 1. The van der Waals surface area contributed by atoms with Gasteiger partial charge >= 0.3 is 0 Å². The average molecular weight is 324 g/mol. The lowest BCUT2D eigenvalue weighted by molar-refractivity contribution is 0.295. The van der Waals surface area contributed by atoms with Gasteiger partial charge in [-0.25, -0.2) is 9.97 Å². The predicted octanol–water partition coefficient (Wildman–Crippen LogP) is 3.99. The van der Waals surface area contributed by atoms with E-state index >= 15 is 0 Å². The Bertz CT molecular complexity index is 472. The molecule has 2 aliphatic rings. The maximum atomic E-state index is 4.82. The van der Waals surface area contributed by atoms with E-state index in [1.54, 1.807) is 0 Å². The zero-order chi connectivity index (χ0) is 13.6. The first kappa shape index (κ1) is 13.3. The second-order valence-corrected chi connectivity index (χ2v) is 7.20. The molecule has 1 aromatic heterocycles. The third-order valence-corrected chi connectivity index (χ3v) is 4.94. The molecule has 0 radical (unpaired) electrons. The van der Waals surface area contributed by atoms with Crippen LogP contribution < -0.4 is 4.90 Å². The molecule has 2 fully saturated rings. The van der Waals surface area contributed by atoms with E-state index in [2.05, 4.69) is 52.7 Å². The molecule has 1 aliphatic heterocycles. The van der Waals surface area contributed by atoms with Crippen LogP contribution in [0.5, 0.6) is 0 Å². The first-order valence-electron chi connectivity index (χ1n) is 7.35. The SMILES string of the molecule is CC1CC(C)C(C)N(c2cc(Br)nc(C3CC3)n2)C1. The van der Waals surface area contributed by atoms with Crippen LogP contribution in [0.1, 0.15) is 51.8 Å². The molecule has 1 saturated heterocycles. The molecule has 1 aromatic rings. The van der Waals surface area contributed by atoms with Crippen molar-refractivity contribution >= 4 is 21.7 Å². The Morgan fingerprint density at radius 2 is 1.95 bits per heavy atom. The third kappa shape index (κ3) is 2.78. The van der Waals surface area contributed by atoms with Gasteiger partial charge in [-0.2, -0.15) is 0 Å². The topological polar surface area (TPSA) is 29.0 Å². The smallest absolute Gasteiger partial charge is 0.135 e. The third-order valence-electron chi connectivity index (χ3n) is 4.53. The first-order valence-corrected chi connectivity index (χ1v) is 8.15. The van der Waals surface area contributed by atoms with Gasteiger partial charge in [0.1, 0.15) is 16.2 Å². The zero-order valence-corrected chi connectivity index (χ0v) is 13.5. The molecule has 0 amide bonds. The van der Waals surface area contributed by atoms with Gasteiger partial charge in [-0.05, 0) is 54.0 Å². The molecule has 3 nitrogen and oxygen atoms in total. The van der Waals surface area contributed by atoms with Crippen molar-refractivity contribution < 1.29 is 0 Å². The van der Waals surface area contributed by atoms with Crippen molar-refractivity contribution in [1.82, 2.24) is 9.97 Å². The summed E-state index contributed by atoms with van der Waals surface area (Å²) >= 11 is 3.55. The molecule has 3 rings (SSSR count). The van der Waals surface area contributed by atoms with E-state index in [1.165, 1.54) is 19.3 Å². The van der Waals surface area contributed by atoms with Crippen LogP contribution >= 0.6 is 15.9 Å². The molecular weight excluding hydrogens is 302 g/mol. The molecule has 19 heavy (non-hydrogen) atoms. The monoisotopic (exact) mass is 323 g/mol. The van der Waals surface area contributed by atoms with Crippen molar-refractivity contribution in [3.8, 4) is 0 Å². The van der Waals surface area contributed by atoms with Crippen LogP contribution in [0, 0.1) is 11.8 Å². The lowest BCUT2D eigenvalue weighted by atomic mass is 9.86. The number of aromatic nitrogens is 2. The molecule has 3 atom stereocenters. The van der Waals surface area contributed by atoms with Crippen molar-refractivity contribution in [3.05, 3.63) is 16.5 Å². The van der Waals surface area contributed by atoms with Crippen LogP contribution in [0.4, 0.5) is 5.82 Å². The number of rotatable bonds is 2. The first-order chi connectivity index (χ1) is 9.04. The van der Waals surface area contributed by atoms with Crippen LogP contribution in [0.2, 0.25) is 0 Å². The average Bonchev–Trinajstić information content (AvgIpc) is 3.17. The molecule has 4 heteroatoms. The summed E-state index contributed by atoms with van der Waals surface area (Å²) < 4.78 is 0.928. The van der Waals surface area contributed by atoms with Crippen molar-refractivity contribution in [2.24, 2.45) is 11.8 Å². The quantitative estimate of drug-likeness (QED) is 0.770. The number of nitrogens with zero attached hydrogens (tertiary/aromatic N) is 3. The highest BCUT2D eigenvalue weighted by Gasteiger charge is 2.32. The standard InChI is InChI=1S/C15H22BrN3/c1-9-6-10(2)11(3)19(8-9)14-7-13(16)17-15(18-14)12-4-5-12/h7,9-12H,4-6,8H2,1-3H3. The van der Waals surface area contributed by atoms with Gasteiger partial charge in [0.25, 0.3) is 0 Å². The lowest BCUT2D eigenvalue weighted by Gasteiger charge is -2.42. The Morgan fingerprint density at radius 1 is 1.21 bits per heavy atom. The van der Waals surface area contributed by atoms with Gasteiger partial charge < -0.3 is 4.90 Å². The molecule has 1 aliphatic carbocycles. The Hall–Kier alpha value is -0.640. The van der Waals surface area contributed by atoms with E-state index in [4.69, 9.17) is 4.98 Å². The Kier molecular flexibility index (Phi) is 3.54. The fraction of sp³-hybridized carbons (Fsp3) is 0.733. The number of anilines is 1. The van der Waals surface area contributed by atoms with E-state index < -0.39 is 0 Å². The van der Waals surface area contributed by atoms with E-state index in [1.807, 2.05) is 0 Å². The van der Waals surface area contributed by atoms with Gasteiger partial charge in [-0.3, -0.25) is 0 Å². The van der Waals surface area contributed by atoms with Crippen molar-refractivity contribution in [2.45, 2.75) is 52.0 Å². The van der Waals surface area contributed by atoms with Crippen LogP contribution in [0.3, 0.4) is 0 Å². The summed E-state index contributed by atoms with van der Waals surface area (Å²) in [5.41, 5.74) is 0. The largest absolute Gasteiger partial charge is 0.353 e. The van der Waals surface area contributed by atoms with Gasteiger partial charge in [-0.15, -0.1) is 0 Å². The fourth-order valence-corrected chi connectivity index (χ4v) is 3.50. The fourth-order valence-electron chi connectivity index (χ4n) is 3.11. The van der Waals surface area contributed by atoms with Crippen molar-refractivity contribution in [2.75, 3.05) is 11.4 Å². The van der Waals surface area contributed by atoms with Crippen LogP contribution in [0.15, 0.2) is 10.7 Å². The van der Waals surface area contributed by atoms with E-state index in [-0.39, 0.29) is 0 Å². The molecular formula is C15H22BrN3. The highest BCUT2D eigenvalue weighted by Crippen LogP contribution is 2.40. The van der Waals surface area contributed by atoms with E-state index in [0.717, 1.165) is 34.6 Å². The summed E-state index contributed by atoms with van der Waals surface area (Å²) in [6.07, 6.45) is 3.82. The molecule has 1 saturated carbocycles. The minimum Gasteiger partial charge on any atom is -0.353 e. The maximum Gasteiger partial charge on any atom is 0.135 e. The number of hydrogen-bond donors (Lipinski definition) is 0. The molecule has 0 aromatic carbocycles. The second-order valence-electron chi connectivity index (χ2n) is 6.39. The van der Waals surface area contributed by atoms with Gasteiger partial charge in [0, 0.05) is 24.6 Å². The Morgan fingerprint density at radius 3 is 2.63 bits per heavy atom. The van der Waals surface area contributed by atoms with Crippen molar-refractivity contribution in [3.63, 3.8) is 0 Å². The van der Waals surface area contributed by atoms with Gasteiger partial charge in [0.15, 0.2) is 0 Å². The summed E-state index contributed by atoms with van der Waals surface area (Å²) in [6, 6.07) is 2.64. The molecule has 0 bridgehead atoms. The van der Waals surface area contributed by atoms with E-state index in [0.29, 0.717) is 12.0 Å². The minimum atomic E-state index is 0.560. The number of hydrogen-bond acceptors (Lipinski definition) is 3. The van der Waals surface area contributed by atoms with Crippen LogP contribution in [-0.4, -0.2) is 22.6 Å². The Balaban J connectivity index is 1.91. The summed E-state index contributed by atoms with van der Waals surface area (Å²) in [7, 11) is 0. The van der Waals surface area contributed by atoms with Gasteiger partial charge in [0.05, 0.1) is 0 Å². The Labute approximate surface area is 124 Å². The second kappa shape index (κ2) is 5.04. The molecule has 104 valence electrons. The summed E-state index contributed by atoms with van der Waals surface area (Å²) in [5.74, 6) is 4.20. The maximum absolute atomic E-state index is 4.82. The molecule has 3 unspecified atom stereocenters. The van der Waals surface area contributed by atoms with E-state index in [9.17, 15) is 0 Å². The minimum absolute atomic E-state index is 0.560.